The summed E-state index contributed by atoms with van der Waals surface area (Å²) in [5.41, 5.74) is 2.36. The fourth-order valence-corrected chi connectivity index (χ4v) is 4.37. The molecule has 1 aliphatic heterocycles. The summed E-state index contributed by atoms with van der Waals surface area (Å²) in [7, 11) is 5.59. The molecular weight excluding hydrogens is 440 g/mol. The molecule has 3 aromatic rings. The number of aromatic nitrogens is 1. The van der Waals surface area contributed by atoms with Crippen LogP contribution in [0.25, 0.3) is 10.9 Å². The molecule has 1 amide bonds. The van der Waals surface area contributed by atoms with E-state index >= 15 is 0 Å². The summed E-state index contributed by atoms with van der Waals surface area (Å²) < 4.78 is 6.98. The maximum Gasteiger partial charge on any atom is 0.253 e. The molecule has 8 heteroatoms. The minimum Gasteiger partial charge on any atom is -0.497 e. The zero-order valence-electron chi connectivity index (χ0n) is 19.3. The first-order valence-corrected chi connectivity index (χ1v) is 11.4. The number of anilines is 1. The lowest BCUT2D eigenvalue weighted by Gasteiger charge is -2.36. The molecule has 0 aliphatic carbocycles. The Morgan fingerprint density at radius 2 is 1.73 bits per heavy atom. The van der Waals surface area contributed by atoms with Crippen LogP contribution < -0.4 is 15.2 Å². The number of carbonyl (C=O) groups excluding carboxylic acids is 1. The number of hydrogen-bond acceptors (Lipinski definition) is 5. The van der Waals surface area contributed by atoms with E-state index in [-0.39, 0.29) is 11.5 Å². The molecule has 1 aliphatic rings. The van der Waals surface area contributed by atoms with Crippen LogP contribution >= 0.6 is 11.6 Å². The van der Waals surface area contributed by atoms with E-state index in [9.17, 15) is 9.59 Å². The molecule has 1 saturated heterocycles. The highest BCUT2D eigenvalue weighted by Crippen LogP contribution is 2.29. The molecule has 0 atom stereocenters. The number of benzene rings is 2. The summed E-state index contributed by atoms with van der Waals surface area (Å²) in [5.74, 6) is 0.728. The van der Waals surface area contributed by atoms with Crippen LogP contribution in [0.15, 0.2) is 53.3 Å². The predicted octanol–water partition coefficient (Wildman–Crippen LogP) is 3.19. The van der Waals surface area contributed by atoms with Crippen molar-refractivity contribution in [2.24, 2.45) is 0 Å². The average Bonchev–Trinajstić information content (AvgIpc) is 2.83. The number of nitrogens with zero attached hydrogens (tertiary/aromatic N) is 4. The minimum absolute atomic E-state index is 0.00399. The van der Waals surface area contributed by atoms with Crippen molar-refractivity contribution >= 4 is 34.1 Å². The Bertz CT molecular complexity index is 1200. The summed E-state index contributed by atoms with van der Waals surface area (Å²) >= 11 is 6.33. The fraction of sp³-hybridized carbons (Fsp3) is 0.360. The Kier molecular flexibility index (Phi) is 6.91. The number of ether oxygens (including phenoxy) is 1. The van der Waals surface area contributed by atoms with Crippen LogP contribution in [0.1, 0.15) is 10.4 Å². The molecule has 1 aromatic heterocycles. The van der Waals surface area contributed by atoms with Gasteiger partial charge in [0, 0.05) is 61.3 Å². The van der Waals surface area contributed by atoms with Crippen LogP contribution in [-0.4, -0.2) is 74.2 Å². The van der Waals surface area contributed by atoms with Crippen molar-refractivity contribution < 1.29 is 9.53 Å². The lowest BCUT2D eigenvalue weighted by molar-refractivity contribution is 0.0747. The number of carbonyl (C=O) groups is 1. The van der Waals surface area contributed by atoms with E-state index in [0.29, 0.717) is 43.3 Å². The molecule has 1 fully saturated rings. The Balaban J connectivity index is 1.56. The number of piperazine rings is 1. The van der Waals surface area contributed by atoms with Crippen LogP contribution in [0.5, 0.6) is 5.75 Å². The van der Waals surface area contributed by atoms with Gasteiger partial charge in [0.15, 0.2) is 0 Å². The van der Waals surface area contributed by atoms with Crippen LogP contribution in [0.2, 0.25) is 5.02 Å². The highest BCUT2D eigenvalue weighted by atomic mass is 35.5. The molecule has 2 heterocycles. The van der Waals surface area contributed by atoms with Gasteiger partial charge in [-0.2, -0.15) is 0 Å². The molecule has 33 heavy (non-hydrogen) atoms. The predicted molar refractivity (Wildman–Crippen MR) is 133 cm³/mol. The quantitative estimate of drug-likeness (QED) is 0.556. The van der Waals surface area contributed by atoms with Gasteiger partial charge >= 0.3 is 0 Å². The van der Waals surface area contributed by atoms with Gasteiger partial charge in [-0.15, -0.1) is 0 Å². The standard InChI is InChI=1S/C25H29ClN4O3/c1-27(2)10-15-30-22-9-6-19(26)16-21(22)23(17-24(30)31)28-11-13-29(14-12-28)25(32)18-4-7-20(33-3)8-5-18/h4-9,16-17H,10-15H2,1-3H3. The molecule has 0 unspecified atom stereocenters. The number of likely N-dealkylation sites (N-methyl/N-ethyl adjacent to an activating group) is 1. The van der Waals surface area contributed by atoms with Gasteiger partial charge in [-0.05, 0) is 56.6 Å². The first-order valence-electron chi connectivity index (χ1n) is 11.0. The third kappa shape index (κ3) is 4.99. The Morgan fingerprint density at radius 1 is 1.03 bits per heavy atom. The SMILES string of the molecule is COc1ccc(C(=O)N2CCN(c3cc(=O)n(CCN(C)C)c4ccc(Cl)cc34)CC2)cc1. The summed E-state index contributed by atoms with van der Waals surface area (Å²) in [6, 6.07) is 14.5. The summed E-state index contributed by atoms with van der Waals surface area (Å²) in [5, 5.41) is 1.59. The molecule has 174 valence electrons. The molecular formula is C25H29ClN4O3. The van der Waals surface area contributed by atoms with E-state index in [0.717, 1.165) is 28.9 Å². The first kappa shape index (κ1) is 23.1. The third-order valence-electron chi connectivity index (χ3n) is 6.07. The van der Waals surface area contributed by atoms with Gasteiger partial charge in [-0.1, -0.05) is 11.6 Å². The lowest BCUT2D eigenvalue weighted by atomic mass is 10.1. The minimum atomic E-state index is -0.0292. The van der Waals surface area contributed by atoms with E-state index < -0.39 is 0 Å². The zero-order chi connectivity index (χ0) is 23.5. The van der Waals surface area contributed by atoms with Gasteiger partial charge in [0.25, 0.3) is 11.5 Å². The largest absolute Gasteiger partial charge is 0.497 e. The van der Waals surface area contributed by atoms with Gasteiger partial charge in [0.2, 0.25) is 0 Å². The van der Waals surface area contributed by atoms with Gasteiger partial charge in [-0.25, -0.2) is 0 Å². The molecule has 7 nitrogen and oxygen atoms in total. The van der Waals surface area contributed by atoms with Gasteiger partial charge in [0.05, 0.1) is 18.3 Å². The van der Waals surface area contributed by atoms with Crippen molar-refractivity contribution in [2.45, 2.75) is 6.54 Å². The van der Waals surface area contributed by atoms with Crippen molar-refractivity contribution in [3.8, 4) is 5.75 Å². The van der Waals surface area contributed by atoms with Crippen molar-refractivity contribution in [1.82, 2.24) is 14.4 Å². The highest BCUT2D eigenvalue weighted by Gasteiger charge is 2.24. The molecule has 2 aromatic carbocycles. The van der Waals surface area contributed by atoms with Crippen LogP contribution in [0.3, 0.4) is 0 Å². The Hall–Kier alpha value is -3.03. The number of pyridine rings is 1. The number of fused-ring (bicyclic) bond motifs is 1. The summed E-state index contributed by atoms with van der Waals surface area (Å²) in [6.07, 6.45) is 0. The van der Waals surface area contributed by atoms with Crippen LogP contribution in [0.4, 0.5) is 5.69 Å². The van der Waals surface area contributed by atoms with E-state index in [1.165, 1.54) is 0 Å². The number of halogens is 1. The number of hydrogen-bond donors (Lipinski definition) is 0. The second kappa shape index (κ2) is 9.85. The fourth-order valence-electron chi connectivity index (χ4n) is 4.20. The molecule has 0 spiro atoms. The van der Waals surface area contributed by atoms with Crippen LogP contribution in [-0.2, 0) is 6.54 Å². The number of rotatable bonds is 6. The van der Waals surface area contributed by atoms with E-state index in [1.807, 2.05) is 37.2 Å². The van der Waals surface area contributed by atoms with Crippen LogP contribution in [0, 0.1) is 0 Å². The van der Waals surface area contributed by atoms with Crippen molar-refractivity contribution in [3.63, 3.8) is 0 Å². The maximum absolute atomic E-state index is 13.0. The van der Waals surface area contributed by atoms with Gasteiger partial charge in [-0.3, -0.25) is 9.59 Å². The molecule has 0 saturated carbocycles. The number of amides is 1. The highest BCUT2D eigenvalue weighted by molar-refractivity contribution is 6.31. The van der Waals surface area contributed by atoms with E-state index in [2.05, 4.69) is 9.80 Å². The maximum atomic E-state index is 13.0. The number of methoxy groups -OCH3 is 1. The molecule has 4 rings (SSSR count). The van der Waals surface area contributed by atoms with Gasteiger partial charge in [0.1, 0.15) is 5.75 Å². The summed E-state index contributed by atoms with van der Waals surface area (Å²) in [4.78, 5) is 32.0. The van der Waals surface area contributed by atoms with Gasteiger partial charge < -0.3 is 24.0 Å². The molecule has 0 N–H and O–H groups in total. The summed E-state index contributed by atoms with van der Waals surface area (Å²) in [6.45, 7) is 3.82. The molecule has 0 radical (unpaired) electrons. The average molecular weight is 469 g/mol. The van der Waals surface area contributed by atoms with Crippen molar-refractivity contribution in [2.75, 3.05) is 58.8 Å². The third-order valence-corrected chi connectivity index (χ3v) is 6.30. The monoisotopic (exact) mass is 468 g/mol. The Morgan fingerprint density at radius 3 is 2.36 bits per heavy atom. The second-order valence-corrected chi connectivity index (χ2v) is 8.93. The normalized spacial score (nSPS) is 14.2. The Labute approximate surface area is 198 Å². The van der Waals surface area contributed by atoms with Crippen molar-refractivity contribution in [1.29, 1.82) is 0 Å². The van der Waals surface area contributed by atoms with E-state index in [1.54, 1.807) is 42.0 Å². The first-order chi connectivity index (χ1) is 15.9. The lowest BCUT2D eigenvalue weighted by Crippen LogP contribution is -2.49. The molecule has 0 bridgehead atoms. The van der Waals surface area contributed by atoms with E-state index in [4.69, 9.17) is 16.3 Å². The topological polar surface area (TPSA) is 58.0 Å². The smallest absolute Gasteiger partial charge is 0.253 e. The second-order valence-electron chi connectivity index (χ2n) is 8.49. The zero-order valence-corrected chi connectivity index (χ0v) is 20.0. The van der Waals surface area contributed by atoms with Crippen molar-refractivity contribution in [3.05, 3.63) is 69.5 Å².